The molecule has 0 bridgehead atoms. The Kier molecular flexibility index (Phi) is 4.19. The molecule has 1 N–H and O–H groups in total. The molecule has 0 amide bonds. The van der Waals surface area contributed by atoms with E-state index < -0.39 is 0 Å². The normalized spacial score (nSPS) is 9.75. The number of halogens is 1. The van der Waals surface area contributed by atoms with Crippen molar-refractivity contribution in [2.45, 2.75) is 20.8 Å². The molecule has 0 radical (unpaired) electrons. The summed E-state index contributed by atoms with van der Waals surface area (Å²) in [6.45, 7) is 6.32. The van der Waals surface area contributed by atoms with Crippen LogP contribution in [0.25, 0.3) is 0 Å². The van der Waals surface area contributed by atoms with Crippen LogP contribution in [-0.4, -0.2) is 13.7 Å². The summed E-state index contributed by atoms with van der Waals surface area (Å²) in [6.07, 6.45) is 0. The maximum absolute atomic E-state index is 8.61. The van der Waals surface area contributed by atoms with E-state index >= 15 is 0 Å². The highest BCUT2D eigenvalue weighted by molar-refractivity contribution is 9.10. The Balaban J connectivity index is 3.40. The summed E-state index contributed by atoms with van der Waals surface area (Å²) in [5, 5.41) is 11.7. The van der Waals surface area contributed by atoms with Crippen LogP contribution in [0.2, 0.25) is 0 Å². The number of rotatable bonds is 3. The van der Waals surface area contributed by atoms with Crippen LogP contribution in [0, 0.1) is 32.1 Å². The number of methoxy groups -OCH3 is 1. The maximum atomic E-state index is 8.61. The van der Waals surface area contributed by atoms with Crippen molar-refractivity contribution in [3.63, 3.8) is 0 Å². The lowest BCUT2D eigenvalue weighted by Crippen LogP contribution is -2.06. The lowest BCUT2D eigenvalue weighted by Gasteiger charge is -2.18. The average Bonchev–Trinajstić information content (AvgIpc) is 2.29. The van der Waals surface area contributed by atoms with E-state index in [0.717, 1.165) is 32.6 Å². The van der Waals surface area contributed by atoms with Crippen LogP contribution in [0.1, 0.15) is 16.7 Å². The third kappa shape index (κ3) is 2.14. The number of anilines is 1. The molecule has 0 aliphatic rings. The zero-order chi connectivity index (χ0) is 12.3. The summed E-state index contributed by atoms with van der Waals surface area (Å²) in [5.74, 6) is 0.813. The molecule has 0 saturated heterocycles. The summed E-state index contributed by atoms with van der Waals surface area (Å²) < 4.78 is 6.46. The summed E-state index contributed by atoms with van der Waals surface area (Å²) in [6, 6.07) is 2.07. The van der Waals surface area contributed by atoms with Gasteiger partial charge in [-0.3, -0.25) is 0 Å². The first-order valence-electron chi connectivity index (χ1n) is 4.98. The van der Waals surface area contributed by atoms with Crippen molar-refractivity contribution in [2.24, 2.45) is 0 Å². The van der Waals surface area contributed by atoms with Crippen molar-refractivity contribution in [1.29, 1.82) is 5.26 Å². The first-order valence-corrected chi connectivity index (χ1v) is 5.78. The number of nitrogens with one attached hydrogen (secondary N) is 1. The fourth-order valence-corrected chi connectivity index (χ4v) is 2.18. The Morgan fingerprint density at radius 1 is 1.25 bits per heavy atom. The number of hydrogen-bond acceptors (Lipinski definition) is 3. The third-order valence-corrected chi connectivity index (χ3v) is 3.90. The van der Waals surface area contributed by atoms with E-state index in [1.165, 1.54) is 0 Å². The minimum absolute atomic E-state index is 0.270. The second-order valence-electron chi connectivity index (χ2n) is 3.61. The molecule has 0 unspecified atom stereocenters. The molecule has 0 heterocycles. The molecular formula is C12H15BrN2O. The van der Waals surface area contributed by atoms with Gasteiger partial charge in [0.25, 0.3) is 0 Å². The van der Waals surface area contributed by atoms with E-state index in [2.05, 4.69) is 27.3 Å². The molecule has 0 aromatic heterocycles. The molecule has 0 aliphatic heterocycles. The van der Waals surface area contributed by atoms with Gasteiger partial charge in [0.15, 0.2) is 0 Å². The Hall–Kier alpha value is -1.21. The van der Waals surface area contributed by atoms with Gasteiger partial charge in [-0.15, -0.1) is 0 Å². The van der Waals surface area contributed by atoms with Gasteiger partial charge in [-0.05, 0) is 37.5 Å². The quantitative estimate of drug-likeness (QED) is 0.865. The molecule has 0 fully saturated rings. The van der Waals surface area contributed by atoms with Crippen molar-refractivity contribution < 1.29 is 4.74 Å². The van der Waals surface area contributed by atoms with E-state index in [-0.39, 0.29) is 6.54 Å². The van der Waals surface area contributed by atoms with Gasteiger partial charge in [-0.1, -0.05) is 15.9 Å². The van der Waals surface area contributed by atoms with Crippen LogP contribution >= 0.6 is 15.9 Å². The molecule has 4 heteroatoms. The average molecular weight is 283 g/mol. The van der Waals surface area contributed by atoms with Gasteiger partial charge in [-0.25, -0.2) is 0 Å². The van der Waals surface area contributed by atoms with Crippen LogP contribution < -0.4 is 10.1 Å². The van der Waals surface area contributed by atoms with Crippen molar-refractivity contribution in [1.82, 2.24) is 0 Å². The molecule has 0 aliphatic carbocycles. The van der Waals surface area contributed by atoms with E-state index in [1.54, 1.807) is 7.11 Å². The third-order valence-electron chi connectivity index (χ3n) is 2.71. The highest BCUT2D eigenvalue weighted by Gasteiger charge is 2.16. The summed E-state index contributed by atoms with van der Waals surface area (Å²) >= 11 is 3.56. The van der Waals surface area contributed by atoms with Gasteiger partial charge in [0.1, 0.15) is 12.3 Å². The number of benzene rings is 1. The molecule has 86 valence electrons. The number of nitriles is 1. The van der Waals surface area contributed by atoms with Gasteiger partial charge in [-0.2, -0.15) is 5.26 Å². The molecule has 1 aromatic rings. The largest absolute Gasteiger partial charge is 0.494 e. The standard InChI is InChI=1S/C12H15BrN2O/c1-7-8(2)12(16-4)11(15-6-5-14)9(3)10(7)13/h15H,6H2,1-4H3. The Morgan fingerprint density at radius 2 is 1.88 bits per heavy atom. The number of nitrogens with zero attached hydrogens (tertiary/aromatic N) is 1. The molecule has 16 heavy (non-hydrogen) atoms. The topological polar surface area (TPSA) is 45.0 Å². The number of ether oxygens (including phenoxy) is 1. The zero-order valence-corrected chi connectivity index (χ0v) is 11.5. The minimum atomic E-state index is 0.270. The first kappa shape index (κ1) is 12.9. The van der Waals surface area contributed by atoms with E-state index in [0.29, 0.717) is 0 Å². The lowest BCUT2D eigenvalue weighted by atomic mass is 10.0. The fraction of sp³-hybridized carbons (Fsp3) is 0.417. The van der Waals surface area contributed by atoms with Crippen molar-refractivity contribution in [2.75, 3.05) is 19.0 Å². The monoisotopic (exact) mass is 282 g/mol. The number of hydrogen-bond donors (Lipinski definition) is 1. The smallest absolute Gasteiger partial charge is 0.145 e. The van der Waals surface area contributed by atoms with Gasteiger partial charge >= 0.3 is 0 Å². The fourth-order valence-electron chi connectivity index (χ4n) is 1.68. The van der Waals surface area contributed by atoms with Gasteiger partial charge in [0, 0.05) is 4.47 Å². The van der Waals surface area contributed by atoms with Crippen LogP contribution in [0.15, 0.2) is 4.47 Å². The second kappa shape index (κ2) is 5.22. The highest BCUT2D eigenvalue weighted by Crippen LogP contribution is 2.39. The van der Waals surface area contributed by atoms with E-state index in [4.69, 9.17) is 10.00 Å². The van der Waals surface area contributed by atoms with Crippen molar-refractivity contribution in [3.8, 4) is 11.8 Å². The maximum Gasteiger partial charge on any atom is 0.145 e. The van der Waals surface area contributed by atoms with Gasteiger partial charge < -0.3 is 10.1 Å². The Bertz CT molecular complexity index is 450. The molecule has 0 spiro atoms. The first-order chi connectivity index (χ1) is 7.54. The summed E-state index contributed by atoms with van der Waals surface area (Å²) in [7, 11) is 1.65. The van der Waals surface area contributed by atoms with Crippen LogP contribution in [0.3, 0.4) is 0 Å². The molecule has 3 nitrogen and oxygen atoms in total. The highest BCUT2D eigenvalue weighted by atomic mass is 79.9. The molecule has 0 saturated carbocycles. The van der Waals surface area contributed by atoms with E-state index in [1.807, 2.05) is 20.8 Å². The van der Waals surface area contributed by atoms with E-state index in [9.17, 15) is 0 Å². The Labute approximate surface area is 105 Å². The van der Waals surface area contributed by atoms with Gasteiger partial charge in [0.2, 0.25) is 0 Å². The molecular weight excluding hydrogens is 268 g/mol. The van der Waals surface area contributed by atoms with Crippen molar-refractivity contribution >= 4 is 21.6 Å². The molecule has 0 atom stereocenters. The minimum Gasteiger partial charge on any atom is -0.494 e. The molecule has 1 aromatic carbocycles. The van der Waals surface area contributed by atoms with Crippen molar-refractivity contribution in [3.05, 3.63) is 21.2 Å². The SMILES string of the molecule is COc1c(C)c(C)c(Br)c(C)c1NCC#N. The summed E-state index contributed by atoms with van der Waals surface area (Å²) in [4.78, 5) is 0. The van der Waals surface area contributed by atoms with Crippen LogP contribution in [-0.2, 0) is 0 Å². The molecule has 1 rings (SSSR count). The Morgan fingerprint density at radius 3 is 2.38 bits per heavy atom. The van der Waals surface area contributed by atoms with Gasteiger partial charge in [0.05, 0.1) is 18.9 Å². The predicted molar refractivity (Wildman–Crippen MR) is 69.0 cm³/mol. The zero-order valence-electron chi connectivity index (χ0n) is 9.94. The van der Waals surface area contributed by atoms with Crippen LogP contribution in [0.5, 0.6) is 5.75 Å². The second-order valence-corrected chi connectivity index (χ2v) is 4.40. The summed E-state index contributed by atoms with van der Waals surface area (Å²) in [5.41, 5.74) is 4.20. The van der Waals surface area contributed by atoms with Crippen LogP contribution in [0.4, 0.5) is 5.69 Å². The predicted octanol–water partition coefficient (Wildman–Crippen LogP) is 3.32. The lowest BCUT2D eigenvalue weighted by molar-refractivity contribution is 0.412.